The molecule has 0 fully saturated rings. The fourth-order valence-electron chi connectivity index (χ4n) is 1.69. The van der Waals surface area contributed by atoms with Crippen LogP contribution in [0.4, 0.5) is 4.39 Å². The first-order valence-electron chi connectivity index (χ1n) is 6.00. The van der Waals surface area contributed by atoms with E-state index >= 15 is 0 Å². The van der Waals surface area contributed by atoms with E-state index in [0.29, 0.717) is 4.90 Å². The number of nitrogens with one attached hydrogen (secondary N) is 1. The third kappa shape index (κ3) is 3.81. The normalized spacial score (nSPS) is 12.4. The highest BCUT2D eigenvalue weighted by molar-refractivity contribution is 9.10. The van der Waals surface area contributed by atoms with Gasteiger partial charge in [-0.2, -0.15) is 0 Å². The monoisotopic (exact) mass is 339 g/mol. The molecular weight excluding hydrogens is 325 g/mol. The second-order valence-electron chi connectivity index (χ2n) is 4.26. The van der Waals surface area contributed by atoms with Gasteiger partial charge >= 0.3 is 0 Å². The van der Waals surface area contributed by atoms with Crippen molar-refractivity contribution in [3.05, 3.63) is 58.3 Å². The first-order valence-corrected chi connectivity index (χ1v) is 7.61. The van der Waals surface area contributed by atoms with Gasteiger partial charge in [-0.05, 0) is 49.9 Å². The van der Waals surface area contributed by atoms with Crippen molar-refractivity contribution >= 4 is 27.7 Å². The lowest BCUT2D eigenvalue weighted by Crippen LogP contribution is -2.12. The zero-order valence-electron chi connectivity index (χ0n) is 10.8. The van der Waals surface area contributed by atoms with Gasteiger partial charge in [0.05, 0.1) is 0 Å². The molecule has 2 aromatic rings. The Kier molecular flexibility index (Phi) is 5.02. The lowest BCUT2D eigenvalue weighted by molar-refractivity contribution is 0.587. The molecule has 0 bridgehead atoms. The van der Waals surface area contributed by atoms with Crippen LogP contribution in [0.15, 0.2) is 56.7 Å². The molecule has 2 aromatic carbocycles. The Labute approximate surface area is 125 Å². The molecule has 1 unspecified atom stereocenters. The molecule has 0 saturated heterocycles. The minimum absolute atomic E-state index is 0.152. The average Bonchev–Trinajstić information content (AvgIpc) is 2.40. The van der Waals surface area contributed by atoms with E-state index in [2.05, 4.69) is 21.2 Å². The summed E-state index contributed by atoms with van der Waals surface area (Å²) < 4.78 is 15.1. The van der Waals surface area contributed by atoms with Crippen LogP contribution in [0.5, 0.6) is 0 Å². The fraction of sp³-hybridized carbons (Fsp3) is 0.200. The fourth-order valence-corrected chi connectivity index (χ4v) is 3.12. The summed E-state index contributed by atoms with van der Waals surface area (Å²) >= 11 is 4.85. The highest BCUT2D eigenvalue weighted by Gasteiger charge is 2.09. The molecule has 0 aliphatic carbocycles. The van der Waals surface area contributed by atoms with E-state index in [0.717, 1.165) is 14.9 Å². The van der Waals surface area contributed by atoms with Crippen LogP contribution in [-0.4, -0.2) is 7.05 Å². The summed E-state index contributed by atoms with van der Waals surface area (Å²) in [5.74, 6) is -0.176. The molecule has 100 valence electrons. The minimum Gasteiger partial charge on any atom is -0.313 e. The predicted octanol–water partition coefficient (Wildman–Crippen LogP) is 5.02. The number of hydrogen-bond acceptors (Lipinski definition) is 2. The third-order valence-corrected chi connectivity index (χ3v) is 4.45. The summed E-state index contributed by atoms with van der Waals surface area (Å²) in [5.41, 5.74) is 0.957. The van der Waals surface area contributed by atoms with Gasteiger partial charge in [0.25, 0.3) is 0 Å². The second kappa shape index (κ2) is 6.55. The molecular formula is C15H15BrFNS. The Bertz CT molecular complexity index is 574. The van der Waals surface area contributed by atoms with Crippen LogP contribution in [-0.2, 0) is 0 Å². The highest BCUT2D eigenvalue weighted by Crippen LogP contribution is 2.32. The van der Waals surface area contributed by atoms with Crippen LogP contribution >= 0.6 is 27.7 Å². The maximum absolute atomic E-state index is 14.1. The Morgan fingerprint density at radius 2 is 2.00 bits per heavy atom. The van der Waals surface area contributed by atoms with Gasteiger partial charge in [-0.1, -0.05) is 39.8 Å². The topological polar surface area (TPSA) is 12.0 Å². The zero-order chi connectivity index (χ0) is 13.8. The molecule has 19 heavy (non-hydrogen) atoms. The Morgan fingerprint density at radius 1 is 1.21 bits per heavy atom. The van der Waals surface area contributed by atoms with Crippen LogP contribution in [0.1, 0.15) is 18.5 Å². The van der Waals surface area contributed by atoms with E-state index < -0.39 is 0 Å². The lowest BCUT2D eigenvalue weighted by Gasteiger charge is -2.12. The number of rotatable bonds is 4. The smallest absolute Gasteiger partial charge is 0.137 e. The van der Waals surface area contributed by atoms with E-state index in [-0.39, 0.29) is 11.9 Å². The molecule has 1 atom stereocenters. The molecule has 1 nitrogen and oxygen atoms in total. The molecule has 4 heteroatoms. The van der Waals surface area contributed by atoms with Gasteiger partial charge in [-0.3, -0.25) is 0 Å². The van der Waals surface area contributed by atoms with Crippen molar-refractivity contribution in [2.24, 2.45) is 0 Å². The van der Waals surface area contributed by atoms with Crippen LogP contribution in [0.2, 0.25) is 0 Å². The summed E-state index contributed by atoms with van der Waals surface area (Å²) in [5, 5.41) is 3.11. The highest BCUT2D eigenvalue weighted by atomic mass is 79.9. The van der Waals surface area contributed by atoms with E-state index in [9.17, 15) is 4.39 Å². The van der Waals surface area contributed by atoms with Crippen molar-refractivity contribution in [3.8, 4) is 0 Å². The van der Waals surface area contributed by atoms with E-state index in [1.807, 2.05) is 50.4 Å². The predicted molar refractivity (Wildman–Crippen MR) is 82.1 cm³/mol. The average molecular weight is 340 g/mol. The quantitative estimate of drug-likeness (QED) is 0.839. The van der Waals surface area contributed by atoms with Crippen LogP contribution in [0.3, 0.4) is 0 Å². The van der Waals surface area contributed by atoms with Crippen LogP contribution < -0.4 is 5.32 Å². The first-order chi connectivity index (χ1) is 9.10. The van der Waals surface area contributed by atoms with Crippen molar-refractivity contribution in [2.45, 2.75) is 22.8 Å². The van der Waals surface area contributed by atoms with Crippen LogP contribution in [0.25, 0.3) is 0 Å². The SMILES string of the molecule is CNC(C)c1ccc(Sc2cccc(Br)c2)c(F)c1. The van der Waals surface area contributed by atoms with Crippen LogP contribution in [0, 0.1) is 5.82 Å². The van der Waals surface area contributed by atoms with Crippen molar-refractivity contribution in [1.29, 1.82) is 0 Å². The molecule has 0 aromatic heterocycles. The summed E-state index contributed by atoms with van der Waals surface area (Å²) in [6, 6.07) is 13.4. The number of halogens is 2. The molecule has 1 N–H and O–H groups in total. The first kappa shape index (κ1) is 14.6. The lowest BCUT2D eigenvalue weighted by atomic mass is 10.1. The molecule has 0 aliphatic heterocycles. The Hall–Kier alpha value is -0.840. The Balaban J connectivity index is 2.22. The van der Waals surface area contributed by atoms with Gasteiger partial charge in [0, 0.05) is 20.3 Å². The summed E-state index contributed by atoms with van der Waals surface area (Å²) in [4.78, 5) is 1.66. The largest absolute Gasteiger partial charge is 0.313 e. The molecule has 0 amide bonds. The maximum Gasteiger partial charge on any atom is 0.137 e. The summed E-state index contributed by atoms with van der Waals surface area (Å²) in [7, 11) is 1.87. The standard InChI is InChI=1S/C15H15BrFNS/c1-10(18-2)11-6-7-15(14(17)8-11)19-13-5-3-4-12(16)9-13/h3-10,18H,1-2H3. The summed E-state index contributed by atoms with van der Waals surface area (Å²) in [6.07, 6.45) is 0. The molecule has 0 heterocycles. The summed E-state index contributed by atoms with van der Waals surface area (Å²) in [6.45, 7) is 2.01. The number of benzene rings is 2. The van der Waals surface area contributed by atoms with Gasteiger partial charge in [-0.25, -0.2) is 4.39 Å². The molecule has 0 radical (unpaired) electrons. The van der Waals surface area contributed by atoms with Crippen molar-refractivity contribution in [2.75, 3.05) is 7.05 Å². The van der Waals surface area contributed by atoms with Gasteiger partial charge in [0.15, 0.2) is 0 Å². The van der Waals surface area contributed by atoms with Crippen molar-refractivity contribution < 1.29 is 4.39 Å². The molecule has 0 saturated carbocycles. The maximum atomic E-state index is 14.1. The van der Waals surface area contributed by atoms with Gasteiger partial charge in [-0.15, -0.1) is 0 Å². The van der Waals surface area contributed by atoms with Crippen molar-refractivity contribution in [3.63, 3.8) is 0 Å². The Morgan fingerprint density at radius 3 is 2.63 bits per heavy atom. The molecule has 0 spiro atoms. The van der Waals surface area contributed by atoms with Gasteiger partial charge in [0.2, 0.25) is 0 Å². The minimum atomic E-state index is -0.176. The van der Waals surface area contributed by atoms with E-state index in [1.165, 1.54) is 11.8 Å². The second-order valence-corrected chi connectivity index (χ2v) is 6.29. The van der Waals surface area contributed by atoms with E-state index in [4.69, 9.17) is 0 Å². The van der Waals surface area contributed by atoms with Gasteiger partial charge < -0.3 is 5.32 Å². The number of hydrogen-bond donors (Lipinski definition) is 1. The molecule has 2 rings (SSSR count). The third-order valence-electron chi connectivity index (χ3n) is 2.91. The van der Waals surface area contributed by atoms with Crippen molar-refractivity contribution in [1.82, 2.24) is 5.32 Å². The van der Waals surface area contributed by atoms with E-state index in [1.54, 1.807) is 6.07 Å². The van der Waals surface area contributed by atoms with Gasteiger partial charge in [0.1, 0.15) is 5.82 Å². The molecule has 0 aliphatic rings. The zero-order valence-corrected chi connectivity index (χ0v) is 13.2.